The van der Waals surface area contributed by atoms with Gasteiger partial charge in [-0.2, -0.15) is 0 Å². The van der Waals surface area contributed by atoms with Crippen LogP contribution in [-0.4, -0.2) is 47.6 Å². The second-order valence-electron chi connectivity index (χ2n) is 9.18. The SMILES string of the molecule is CC(C)Oc1ccc(OCc2ccc(CN3CCN(C(C)(C)C)CC3)cc2)cc1. The van der Waals surface area contributed by atoms with Crippen molar-refractivity contribution in [3.63, 3.8) is 0 Å². The Bertz CT molecular complexity index is 740. The summed E-state index contributed by atoms with van der Waals surface area (Å²) in [6, 6.07) is 16.7. The van der Waals surface area contributed by atoms with E-state index in [9.17, 15) is 0 Å². The number of ether oxygens (including phenoxy) is 2. The normalized spacial score (nSPS) is 16.2. The highest BCUT2D eigenvalue weighted by molar-refractivity contribution is 5.32. The minimum absolute atomic E-state index is 0.183. The van der Waals surface area contributed by atoms with Gasteiger partial charge in [0.05, 0.1) is 6.10 Å². The summed E-state index contributed by atoms with van der Waals surface area (Å²) in [5.41, 5.74) is 2.83. The molecule has 0 aromatic heterocycles. The van der Waals surface area contributed by atoms with Crippen molar-refractivity contribution in [3.8, 4) is 11.5 Å². The third-order valence-electron chi connectivity index (χ3n) is 5.35. The molecule has 3 rings (SSSR count). The van der Waals surface area contributed by atoms with Gasteiger partial charge in [0, 0.05) is 38.3 Å². The molecular weight excluding hydrogens is 360 g/mol. The number of piperazine rings is 1. The Hall–Kier alpha value is -2.04. The first-order valence-corrected chi connectivity index (χ1v) is 10.7. The lowest BCUT2D eigenvalue weighted by Gasteiger charge is -2.42. The maximum Gasteiger partial charge on any atom is 0.120 e. The lowest BCUT2D eigenvalue weighted by Crippen LogP contribution is -2.53. The van der Waals surface area contributed by atoms with Gasteiger partial charge in [-0.05, 0) is 70.0 Å². The largest absolute Gasteiger partial charge is 0.491 e. The number of hydrogen-bond acceptors (Lipinski definition) is 4. The first-order chi connectivity index (χ1) is 13.8. The Morgan fingerprint density at radius 1 is 0.793 bits per heavy atom. The van der Waals surface area contributed by atoms with Gasteiger partial charge in [0.1, 0.15) is 18.1 Å². The molecule has 0 atom stereocenters. The highest BCUT2D eigenvalue weighted by Gasteiger charge is 2.25. The minimum Gasteiger partial charge on any atom is -0.491 e. The van der Waals surface area contributed by atoms with Crippen molar-refractivity contribution in [1.82, 2.24) is 9.80 Å². The molecule has 2 aromatic carbocycles. The van der Waals surface area contributed by atoms with Gasteiger partial charge >= 0.3 is 0 Å². The fraction of sp³-hybridized carbons (Fsp3) is 0.520. The van der Waals surface area contributed by atoms with E-state index in [-0.39, 0.29) is 11.6 Å². The molecule has 0 spiro atoms. The van der Waals surface area contributed by atoms with Crippen molar-refractivity contribution < 1.29 is 9.47 Å². The van der Waals surface area contributed by atoms with Crippen LogP contribution in [-0.2, 0) is 13.2 Å². The molecule has 0 unspecified atom stereocenters. The first-order valence-electron chi connectivity index (χ1n) is 10.7. The van der Waals surface area contributed by atoms with Gasteiger partial charge in [-0.15, -0.1) is 0 Å². The zero-order valence-electron chi connectivity index (χ0n) is 18.6. The first kappa shape index (κ1) is 21.7. The van der Waals surface area contributed by atoms with E-state index < -0.39 is 0 Å². The summed E-state index contributed by atoms with van der Waals surface area (Å²) in [5.74, 6) is 1.74. The molecule has 1 saturated heterocycles. The molecule has 1 fully saturated rings. The quantitative estimate of drug-likeness (QED) is 0.660. The summed E-state index contributed by atoms with van der Waals surface area (Å²) in [4.78, 5) is 5.12. The number of hydrogen-bond donors (Lipinski definition) is 0. The van der Waals surface area contributed by atoms with Crippen molar-refractivity contribution in [3.05, 3.63) is 59.7 Å². The number of rotatable bonds is 7. The zero-order chi connectivity index (χ0) is 20.9. The average Bonchev–Trinajstić information content (AvgIpc) is 2.68. The summed E-state index contributed by atoms with van der Waals surface area (Å²) in [6.45, 7) is 17.1. The molecule has 158 valence electrons. The molecule has 0 N–H and O–H groups in total. The monoisotopic (exact) mass is 396 g/mol. The number of nitrogens with zero attached hydrogens (tertiary/aromatic N) is 2. The Morgan fingerprint density at radius 3 is 1.90 bits per heavy atom. The molecule has 4 heteroatoms. The Balaban J connectivity index is 1.44. The van der Waals surface area contributed by atoms with E-state index in [1.54, 1.807) is 0 Å². The molecule has 0 radical (unpaired) electrons. The van der Waals surface area contributed by atoms with Crippen LogP contribution in [0.2, 0.25) is 0 Å². The highest BCUT2D eigenvalue weighted by Crippen LogP contribution is 2.20. The summed E-state index contributed by atoms with van der Waals surface area (Å²) in [7, 11) is 0. The minimum atomic E-state index is 0.183. The van der Waals surface area contributed by atoms with Gasteiger partial charge in [0.15, 0.2) is 0 Å². The Kier molecular flexibility index (Phi) is 7.20. The summed E-state index contributed by atoms with van der Waals surface area (Å²) in [6.07, 6.45) is 0.183. The molecule has 0 bridgehead atoms. The van der Waals surface area contributed by atoms with Crippen LogP contribution in [0.25, 0.3) is 0 Å². The predicted molar refractivity (Wildman–Crippen MR) is 120 cm³/mol. The maximum absolute atomic E-state index is 5.91. The second kappa shape index (κ2) is 9.64. The molecule has 1 aliphatic heterocycles. The van der Waals surface area contributed by atoms with Crippen LogP contribution in [0.4, 0.5) is 0 Å². The molecule has 0 aliphatic carbocycles. The average molecular weight is 397 g/mol. The van der Waals surface area contributed by atoms with E-state index in [0.717, 1.165) is 44.2 Å². The van der Waals surface area contributed by atoms with Crippen LogP contribution >= 0.6 is 0 Å². The zero-order valence-corrected chi connectivity index (χ0v) is 18.6. The third kappa shape index (κ3) is 6.76. The van der Waals surface area contributed by atoms with Gasteiger partial charge in [-0.3, -0.25) is 9.80 Å². The summed E-state index contributed by atoms with van der Waals surface area (Å²) >= 11 is 0. The fourth-order valence-electron chi connectivity index (χ4n) is 3.63. The van der Waals surface area contributed by atoms with E-state index in [4.69, 9.17) is 9.47 Å². The van der Waals surface area contributed by atoms with Crippen molar-refractivity contribution in [2.75, 3.05) is 26.2 Å². The van der Waals surface area contributed by atoms with E-state index in [1.807, 2.05) is 38.1 Å². The van der Waals surface area contributed by atoms with Crippen LogP contribution in [0.5, 0.6) is 11.5 Å². The van der Waals surface area contributed by atoms with Gasteiger partial charge in [0.25, 0.3) is 0 Å². The highest BCUT2D eigenvalue weighted by atomic mass is 16.5. The molecular formula is C25H36N2O2. The standard InChI is InChI=1S/C25H36N2O2/c1-20(2)29-24-12-10-23(11-13-24)28-19-22-8-6-21(7-9-22)18-26-14-16-27(17-15-26)25(3,4)5/h6-13,20H,14-19H2,1-5H3. The van der Waals surface area contributed by atoms with E-state index in [1.165, 1.54) is 11.1 Å². The molecule has 0 saturated carbocycles. The summed E-state index contributed by atoms with van der Waals surface area (Å²) in [5, 5.41) is 0. The number of benzene rings is 2. The van der Waals surface area contributed by atoms with Gasteiger partial charge < -0.3 is 9.47 Å². The topological polar surface area (TPSA) is 24.9 Å². The van der Waals surface area contributed by atoms with E-state index >= 15 is 0 Å². The van der Waals surface area contributed by atoms with Crippen molar-refractivity contribution in [2.45, 2.75) is 59.4 Å². The molecule has 2 aromatic rings. The van der Waals surface area contributed by atoms with Gasteiger partial charge in [-0.1, -0.05) is 24.3 Å². The molecule has 4 nitrogen and oxygen atoms in total. The molecule has 29 heavy (non-hydrogen) atoms. The third-order valence-corrected chi connectivity index (χ3v) is 5.35. The maximum atomic E-state index is 5.91. The predicted octanol–water partition coefficient (Wildman–Crippen LogP) is 4.97. The van der Waals surface area contributed by atoms with E-state index in [0.29, 0.717) is 6.61 Å². The van der Waals surface area contributed by atoms with Crippen LogP contribution in [0.3, 0.4) is 0 Å². The molecule has 1 heterocycles. The van der Waals surface area contributed by atoms with Crippen molar-refractivity contribution >= 4 is 0 Å². The van der Waals surface area contributed by atoms with Crippen molar-refractivity contribution in [1.29, 1.82) is 0 Å². The van der Waals surface area contributed by atoms with Crippen molar-refractivity contribution in [2.24, 2.45) is 0 Å². The molecule has 0 amide bonds. The van der Waals surface area contributed by atoms with E-state index in [2.05, 4.69) is 54.8 Å². The fourth-order valence-corrected chi connectivity index (χ4v) is 3.63. The van der Waals surface area contributed by atoms with Crippen LogP contribution in [0.1, 0.15) is 45.7 Å². The van der Waals surface area contributed by atoms with Gasteiger partial charge in [0.2, 0.25) is 0 Å². The lowest BCUT2D eigenvalue weighted by atomic mass is 10.0. The van der Waals surface area contributed by atoms with Crippen LogP contribution < -0.4 is 9.47 Å². The van der Waals surface area contributed by atoms with Gasteiger partial charge in [-0.25, -0.2) is 0 Å². The Morgan fingerprint density at radius 2 is 1.34 bits per heavy atom. The van der Waals surface area contributed by atoms with Crippen LogP contribution in [0.15, 0.2) is 48.5 Å². The van der Waals surface area contributed by atoms with Crippen LogP contribution in [0, 0.1) is 0 Å². The lowest BCUT2D eigenvalue weighted by molar-refractivity contribution is 0.0591. The second-order valence-corrected chi connectivity index (χ2v) is 9.18. The Labute approximate surface area is 176 Å². The molecule has 1 aliphatic rings. The summed E-state index contributed by atoms with van der Waals surface area (Å²) < 4.78 is 11.6. The smallest absolute Gasteiger partial charge is 0.120 e.